The van der Waals surface area contributed by atoms with E-state index in [1.165, 1.54) is 70.6 Å². The van der Waals surface area contributed by atoms with Crippen LogP contribution in [0.2, 0.25) is 13.1 Å². The van der Waals surface area contributed by atoms with Crippen LogP contribution in [0, 0.1) is 0 Å². The first kappa shape index (κ1) is 24.7. The van der Waals surface area contributed by atoms with Gasteiger partial charge >= 0.3 is 5.97 Å². The number of carbonyl (C=O) groups is 1. The second kappa shape index (κ2) is 23.7. The topological polar surface area (TPSA) is 37.3 Å². The number of aliphatic carboxylic acids is 1. The number of carboxylic acid groups (broad SMARTS) is 1. The molecular formula is C20H42O2Si. The van der Waals surface area contributed by atoms with E-state index in [1.54, 1.807) is 0 Å². The van der Waals surface area contributed by atoms with Gasteiger partial charge in [-0.1, -0.05) is 83.5 Å². The third kappa shape index (κ3) is 30.0. The molecule has 0 aliphatic carbocycles. The van der Waals surface area contributed by atoms with Gasteiger partial charge in [0.1, 0.15) is 0 Å². The maximum absolute atomic E-state index is 10.3. The summed E-state index contributed by atoms with van der Waals surface area (Å²) in [7, 11) is 0.417. The lowest BCUT2D eigenvalue weighted by molar-refractivity contribution is -0.137. The molecule has 0 saturated heterocycles. The minimum Gasteiger partial charge on any atom is -0.481 e. The normalized spacial score (nSPS) is 10.6. The van der Waals surface area contributed by atoms with Crippen LogP contribution in [0.5, 0.6) is 0 Å². The Kier molecular flexibility index (Phi) is 25.4. The molecule has 2 nitrogen and oxygen atoms in total. The van der Waals surface area contributed by atoms with Crippen molar-refractivity contribution in [2.75, 3.05) is 0 Å². The van der Waals surface area contributed by atoms with Gasteiger partial charge in [0.2, 0.25) is 0 Å². The van der Waals surface area contributed by atoms with Crippen LogP contribution >= 0.6 is 0 Å². The Labute approximate surface area is 148 Å². The van der Waals surface area contributed by atoms with Gasteiger partial charge in [-0.2, -0.15) is 0 Å². The Morgan fingerprint density at radius 3 is 1.61 bits per heavy atom. The first-order chi connectivity index (χ1) is 11.2. The van der Waals surface area contributed by atoms with Gasteiger partial charge in [-0.3, -0.25) is 4.79 Å². The Hall–Kier alpha value is -0.573. The van der Waals surface area contributed by atoms with Crippen molar-refractivity contribution in [1.29, 1.82) is 0 Å². The van der Waals surface area contributed by atoms with E-state index in [0.29, 0.717) is 15.9 Å². The molecule has 0 rings (SSSR count). The molecule has 0 aromatic heterocycles. The lowest BCUT2D eigenvalue weighted by atomic mass is 10.1. The quantitative estimate of drug-likeness (QED) is 0.213. The van der Waals surface area contributed by atoms with Gasteiger partial charge in [0.15, 0.2) is 0 Å². The van der Waals surface area contributed by atoms with Crippen molar-refractivity contribution in [1.82, 2.24) is 0 Å². The van der Waals surface area contributed by atoms with Crippen molar-refractivity contribution < 1.29 is 9.90 Å². The molecule has 3 heteroatoms. The van der Waals surface area contributed by atoms with Crippen LogP contribution in [0.1, 0.15) is 96.8 Å². The van der Waals surface area contributed by atoms with Crippen molar-refractivity contribution in [3.8, 4) is 0 Å². The zero-order valence-corrected chi connectivity index (χ0v) is 17.5. The smallest absolute Gasteiger partial charge is 0.303 e. The van der Waals surface area contributed by atoms with E-state index in [0.717, 1.165) is 12.8 Å². The summed E-state index contributed by atoms with van der Waals surface area (Å²) in [5.41, 5.74) is 0. The average molecular weight is 343 g/mol. The van der Waals surface area contributed by atoms with Gasteiger partial charge in [-0.25, -0.2) is 0 Å². The number of rotatable bonds is 15. The van der Waals surface area contributed by atoms with Crippen molar-refractivity contribution in [3.63, 3.8) is 0 Å². The predicted molar refractivity (Wildman–Crippen MR) is 107 cm³/mol. The minimum absolute atomic E-state index is 0.332. The largest absolute Gasteiger partial charge is 0.481 e. The Bertz CT molecular complexity index is 252. The van der Waals surface area contributed by atoms with Crippen molar-refractivity contribution >= 4 is 15.5 Å². The molecule has 0 radical (unpaired) electrons. The third-order valence-corrected chi connectivity index (χ3v) is 3.65. The van der Waals surface area contributed by atoms with Gasteiger partial charge in [0.05, 0.1) is 0 Å². The standard InChI is InChI=1S/C18H34O2.C2H8Si/c1-2-3-4-5-6-7-8-9-10-11-12-13-14-15-16-17-18(19)20;1-3-2/h9-10H,2-8,11-17H2,1H3,(H,19,20);3H2,1-2H3/b10-9-;. The average Bonchev–Trinajstić information content (AvgIpc) is 2.51. The lowest BCUT2D eigenvalue weighted by Crippen LogP contribution is -1.93. The second-order valence-corrected chi connectivity index (χ2v) is 7.85. The fourth-order valence-electron chi connectivity index (χ4n) is 2.35. The molecule has 0 heterocycles. The monoisotopic (exact) mass is 342 g/mol. The van der Waals surface area contributed by atoms with E-state index < -0.39 is 5.97 Å². The molecule has 0 spiro atoms. The molecule has 23 heavy (non-hydrogen) atoms. The zero-order valence-electron chi connectivity index (χ0n) is 16.1. The summed E-state index contributed by atoms with van der Waals surface area (Å²) in [6, 6.07) is 0. The van der Waals surface area contributed by atoms with E-state index >= 15 is 0 Å². The lowest BCUT2D eigenvalue weighted by Gasteiger charge is -1.99. The molecular weight excluding hydrogens is 300 g/mol. The highest BCUT2D eigenvalue weighted by Crippen LogP contribution is 2.09. The summed E-state index contributed by atoms with van der Waals surface area (Å²) in [5.74, 6) is -0.664. The van der Waals surface area contributed by atoms with Gasteiger partial charge in [0, 0.05) is 15.9 Å². The molecule has 1 N–H and O–H groups in total. The van der Waals surface area contributed by atoms with Crippen LogP contribution in [0.25, 0.3) is 0 Å². The first-order valence-electron chi connectivity index (χ1n) is 10.1. The molecule has 0 atom stereocenters. The maximum atomic E-state index is 10.3. The van der Waals surface area contributed by atoms with Gasteiger partial charge in [-0.05, 0) is 32.1 Å². The fraction of sp³-hybridized carbons (Fsp3) is 0.850. The van der Waals surface area contributed by atoms with E-state index in [4.69, 9.17) is 5.11 Å². The molecule has 0 aliphatic heterocycles. The summed E-state index contributed by atoms with van der Waals surface area (Å²) in [5, 5.41) is 8.51. The number of hydrogen-bond acceptors (Lipinski definition) is 1. The van der Waals surface area contributed by atoms with E-state index in [9.17, 15) is 4.79 Å². The highest BCUT2D eigenvalue weighted by atomic mass is 28.2. The molecule has 0 aliphatic rings. The van der Waals surface area contributed by atoms with Crippen LogP contribution in [-0.2, 0) is 4.79 Å². The third-order valence-electron chi connectivity index (χ3n) is 3.65. The van der Waals surface area contributed by atoms with Gasteiger partial charge in [-0.15, -0.1) is 0 Å². The maximum Gasteiger partial charge on any atom is 0.303 e. The SMILES string of the molecule is CCCCCCCC/C=C\CCCCCCCC(=O)O.C[SiH2]C. The fourth-order valence-corrected chi connectivity index (χ4v) is 2.35. The first-order valence-corrected chi connectivity index (χ1v) is 12.9. The van der Waals surface area contributed by atoms with Crippen molar-refractivity contribution in [2.24, 2.45) is 0 Å². The van der Waals surface area contributed by atoms with Crippen molar-refractivity contribution in [2.45, 2.75) is 110 Å². The summed E-state index contributed by atoms with van der Waals surface area (Å²) in [6.45, 7) is 6.79. The molecule has 138 valence electrons. The van der Waals surface area contributed by atoms with E-state index in [-0.39, 0.29) is 0 Å². The number of unbranched alkanes of at least 4 members (excludes halogenated alkanes) is 11. The second-order valence-electron chi connectivity index (χ2n) is 6.44. The Balaban J connectivity index is 0. The van der Waals surface area contributed by atoms with E-state index in [2.05, 4.69) is 32.2 Å². The highest BCUT2D eigenvalue weighted by Gasteiger charge is 1.95. The van der Waals surface area contributed by atoms with Crippen LogP contribution in [0.4, 0.5) is 0 Å². The zero-order chi connectivity index (χ0) is 17.6. The van der Waals surface area contributed by atoms with Gasteiger partial charge < -0.3 is 5.11 Å². The molecule has 0 bridgehead atoms. The Morgan fingerprint density at radius 2 is 1.17 bits per heavy atom. The van der Waals surface area contributed by atoms with Crippen LogP contribution in [0.15, 0.2) is 12.2 Å². The molecule has 0 aromatic carbocycles. The number of allylic oxidation sites excluding steroid dienone is 2. The van der Waals surface area contributed by atoms with Crippen LogP contribution < -0.4 is 0 Å². The Morgan fingerprint density at radius 1 is 0.783 bits per heavy atom. The summed E-state index contributed by atoms with van der Waals surface area (Å²) < 4.78 is 0. The molecule has 0 amide bonds. The summed E-state index contributed by atoms with van der Waals surface area (Å²) in [6.07, 6.45) is 21.2. The number of carboxylic acids is 1. The van der Waals surface area contributed by atoms with Crippen LogP contribution in [-0.4, -0.2) is 20.6 Å². The molecule has 0 unspecified atom stereocenters. The highest BCUT2D eigenvalue weighted by molar-refractivity contribution is 6.31. The van der Waals surface area contributed by atoms with Crippen LogP contribution in [0.3, 0.4) is 0 Å². The van der Waals surface area contributed by atoms with E-state index in [1.807, 2.05) is 0 Å². The van der Waals surface area contributed by atoms with Gasteiger partial charge in [0.25, 0.3) is 0 Å². The van der Waals surface area contributed by atoms with Crippen molar-refractivity contribution in [3.05, 3.63) is 12.2 Å². The molecule has 0 fully saturated rings. The molecule has 0 saturated carbocycles. The number of hydrogen-bond donors (Lipinski definition) is 1. The minimum atomic E-state index is -0.664. The predicted octanol–water partition coefficient (Wildman–Crippen LogP) is 6.36. The summed E-state index contributed by atoms with van der Waals surface area (Å²) >= 11 is 0. The summed E-state index contributed by atoms with van der Waals surface area (Å²) in [4.78, 5) is 10.3. The molecule has 0 aromatic rings.